The van der Waals surface area contributed by atoms with Crippen LogP contribution in [0.5, 0.6) is 0 Å². The van der Waals surface area contributed by atoms with E-state index in [0.717, 1.165) is 11.8 Å². The maximum absolute atomic E-state index is 13.4. The lowest BCUT2D eigenvalue weighted by atomic mass is 9.49. The molecule has 160 valence electrons. The van der Waals surface area contributed by atoms with E-state index in [1.165, 1.54) is 44.9 Å². The van der Waals surface area contributed by atoms with Gasteiger partial charge in [-0.3, -0.25) is 4.79 Å². The number of ketones is 1. The van der Waals surface area contributed by atoms with Crippen molar-refractivity contribution in [3.63, 3.8) is 0 Å². The molecule has 0 bridgehead atoms. The standard InChI is InChI=1S/C28H42O/c1-17(2)18(3)7-8-19(4)22-9-10-23-21-15-25(29)28-16-20(28)11-14-27(28,6)24(21)12-13-26(22,23)5/h7-8,15,17-20,22-24H,9-14,16H2,1-6H3/t18-,19+,20+,22+,23-,24-,26+,27+,28-/m0/s1. The van der Waals surface area contributed by atoms with Gasteiger partial charge < -0.3 is 0 Å². The van der Waals surface area contributed by atoms with E-state index in [0.29, 0.717) is 40.8 Å². The fourth-order valence-corrected chi connectivity index (χ4v) is 8.92. The minimum absolute atomic E-state index is 0.0654. The Morgan fingerprint density at radius 3 is 2.41 bits per heavy atom. The lowest BCUT2D eigenvalue weighted by Gasteiger charge is -2.54. The second-order valence-electron chi connectivity index (χ2n) is 12.5. The van der Waals surface area contributed by atoms with Crippen molar-refractivity contribution in [2.45, 2.75) is 86.5 Å². The van der Waals surface area contributed by atoms with Gasteiger partial charge in [0.25, 0.3) is 0 Å². The van der Waals surface area contributed by atoms with Crippen LogP contribution in [-0.4, -0.2) is 5.78 Å². The van der Waals surface area contributed by atoms with Crippen LogP contribution in [0.25, 0.3) is 0 Å². The number of rotatable bonds is 4. The average molecular weight is 395 g/mol. The average Bonchev–Trinajstić information content (AvgIpc) is 3.20. The zero-order valence-electron chi connectivity index (χ0n) is 19.6. The lowest BCUT2D eigenvalue weighted by Crippen LogP contribution is -2.50. The summed E-state index contributed by atoms with van der Waals surface area (Å²) in [6.45, 7) is 14.5. The van der Waals surface area contributed by atoms with Crippen LogP contribution in [0.3, 0.4) is 0 Å². The predicted octanol–water partition coefficient (Wildman–Crippen LogP) is 7.23. The fraction of sp³-hybridized carbons (Fsp3) is 0.821. The molecule has 4 saturated carbocycles. The third-order valence-corrected chi connectivity index (χ3v) is 11.2. The van der Waals surface area contributed by atoms with Crippen molar-refractivity contribution in [3.8, 4) is 0 Å². The van der Waals surface area contributed by atoms with E-state index in [4.69, 9.17) is 0 Å². The summed E-state index contributed by atoms with van der Waals surface area (Å²) in [5.74, 6) is 5.37. The van der Waals surface area contributed by atoms with Gasteiger partial charge in [-0.2, -0.15) is 0 Å². The summed E-state index contributed by atoms with van der Waals surface area (Å²) in [5, 5.41) is 0. The molecule has 5 rings (SSSR count). The van der Waals surface area contributed by atoms with Crippen molar-refractivity contribution in [3.05, 3.63) is 23.8 Å². The van der Waals surface area contributed by atoms with Crippen molar-refractivity contribution in [2.24, 2.45) is 57.7 Å². The molecule has 5 aliphatic carbocycles. The van der Waals surface area contributed by atoms with Crippen molar-refractivity contribution < 1.29 is 4.79 Å². The van der Waals surface area contributed by atoms with Crippen molar-refractivity contribution >= 4 is 5.78 Å². The molecule has 0 amide bonds. The molecule has 0 unspecified atom stereocenters. The normalized spacial score (nSPS) is 50.0. The van der Waals surface area contributed by atoms with Gasteiger partial charge in [0.2, 0.25) is 0 Å². The van der Waals surface area contributed by atoms with Gasteiger partial charge >= 0.3 is 0 Å². The van der Waals surface area contributed by atoms with Gasteiger partial charge in [0, 0.05) is 5.41 Å². The van der Waals surface area contributed by atoms with Crippen molar-refractivity contribution in [2.75, 3.05) is 0 Å². The van der Waals surface area contributed by atoms with E-state index in [1.54, 1.807) is 5.57 Å². The van der Waals surface area contributed by atoms with Crippen LogP contribution >= 0.6 is 0 Å². The molecule has 1 spiro atoms. The van der Waals surface area contributed by atoms with Crippen LogP contribution < -0.4 is 0 Å². The summed E-state index contributed by atoms with van der Waals surface area (Å²) in [4.78, 5) is 13.4. The number of allylic oxidation sites excluding steroid dienone is 4. The monoisotopic (exact) mass is 394 g/mol. The third kappa shape index (κ3) is 2.48. The van der Waals surface area contributed by atoms with Crippen LogP contribution in [0.15, 0.2) is 23.8 Å². The summed E-state index contributed by atoms with van der Waals surface area (Å²) in [7, 11) is 0. The summed E-state index contributed by atoms with van der Waals surface area (Å²) in [5.41, 5.74) is 2.32. The molecule has 0 aromatic heterocycles. The Morgan fingerprint density at radius 2 is 1.72 bits per heavy atom. The first kappa shape index (κ1) is 20.1. The molecule has 9 atom stereocenters. The third-order valence-electron chi connectivity index (χ3n) is 11.2. The van der Waals surface area contributed by atoms with Gasteiger partial charge in [0.05, 0.1) is 0 Å². The largest absolute Gasteiger partial charge is 0.294 e. The Bertz CT molecular complexity index is 773. The molecule has 0 heterocycles. The highest BCUT2D eigenvalue weighted by Gasteiger charge is 2.76. The highest BCUT2D eigenvalue weighted by Crippen LogP contribution is 2.79. The summed E-state index contributed by atoms with van der Waals surface area (Å²) >= 11 is 0. The Hall–Kier alpha value is -0.850. The number of carbonyl (C=O) groups excluding carboxylic acids is 1. The van der Waals surface area contributed by atoms with E-state index in [-0.39, 0.29) is 10.8 Å². The molecule has 0 aromatic rings. The van der Waals surface area contributed by atoms with Crippen molar-refractivity contribution in [1.82, 2.24) is 0 Å². The SMILES string of the molecule is CC(C)[C@@H](C)C=C[C@@H](C)[C@H]1CC[C@H]2C3=CC(=O)[C@]45C[C@H]4CC[C@]5(C)[C@H]3CC[C@]12C. The minimum atomic E-state index is 0.0654. The van der Waals surface area contributed by atoms with E-state index >= 15 is 0 Å². The molecule has 29 heavy (non-hydrogen) atoms. The van der Waals surface area contributed by atoms with Gasteiger partial charge in [-0.15, -0.1) is 0 Å². The molecule has 4 fully saturated rings. The van der Waals surface area contributed by atoms with E-state index in [9.17, 15) is 4.79 Å². The second kappa shape index (κ2) is 6.33. The number of fused-ring (bicyclic) bond motifs is 4. The molecular formula is C28H42O. The molecule has 0 aliphatic heterocycles. The predicted molar refractivity (Wildman–Crippen MR) is 120 cm³/mol. The van der Waals surface area contributed by atoms with E-state index in [1.807, 2.05) is 0 Å². The first-order valence-electron chi connectivity index (χ1n) is 12.6. The Morgan fingerprint density at radius 1 is 0.966 bits per heavy atom. The second-order valence-corrected chi connectivity index (χ2v) is 12.5. The Labute approximate surface area is 178 Å². The zero-order chi connectivity index (χ0) is 20.8. The number of carbonyl (C=O) groups is 1. The minimum Gasteiger partial charge on any atom is -0.294 e. The van der Waals surface area contributed by atoms with Gasteiger partial charge in [0.15, 0.2) is 5.78 Å². The molecule has 0 saturated heterocycles. The van der Waals surface area contributed by atoms with Gasteiger partial charge in [-0.25, -0.2) is 0 Å². The van der Waals surface area contributed by atoms with Crippen LogP contribution in [0.1, 0.15) is 86.5 Å². The molecular weight excluding hydrogens is 352 g/mol. The molecule has 0 radical (unpaired) electrons. The molecule has 5 aliphatic rings. The van der Waals surface area contributed by atoms with Crippen LogP contribution in [0.2, 0.25) is 0 Å². The zero-order valence-corrected chi connectivity index (χ0v) is 19.6. The summed E-state index contributed by atoms with van der Waals surface area (Å²) < 4.78 is 0. The summed E-state index contributed by atoms with van der Waals surface area (Å²) in [6.07, 6.45) is 16.3. The first-order valence-corrected chi connectivity index (χ1v) is 12.6. The topological polar surface area (TPSA) is 17.1 Å². The highest BCUT2D eigenvalue weighted by atomic mass is 16.1. The maximum atomic E-state index is 13.4. The van der Waals surface area contributed by atoms with Crippen LogP contribution in [0, 0.1) is 57.7 Å². The van der Waals surface area contributed by atoms with Crippen molar-refractivity contribution in [1.29, 1.82) is 0 Å². The van der Waals surface area contributed by atoms with E-state index in [2.05, 4.69) is 59.8 Å². The van der Waals surface area contributed by atoms with Crippen LogP contribution in [0.4, 0.5) is 0 Å². The molecule has 0 aromatic carbocycles. The summed E-state index contributed by atoms with van der Waals surface area (Å²) in [6, 6.07) is 0. The number of hydrogen-bond donors (Lipinski definition) is 0. The highest BCUT2D eigenvalue weighted by molar-refractivity contribution is 6.00. The Kier molecular flexibility index (Phi) is 4.38. The van der Waals surface area contributed by atoms with Gasteiger partial charge in [0.1, 0.15) is 0 Å². The van der Waals surface area contributed by atoms with E-state index < -0.39 is 0 Å². The Balaban J connectivity index is 1.42. The fourth-order valence-electron chi connectivity index (χ4n) is 8.92. The maximum Gasteiger partial charge on any atom is 0.162 e. The first-order chi connectivity index (χ1) is 13.6. The molecule has 1 heteroatoms. The lowest BCUT2D eigenvalue weighted by molar-refractivity contribution is -0.127. The molecule has 1 nitrogen and oxygen atoms in total. The quantitative estimate of drug-likeness (QED) is 0.460. The number of hydrogen-bond acceptors (Lipinski definition) is 1. The smallest absolute Gasteiger partial charge is 0.162 e. The van der Waals surface area contributed by atoms with Crippen LogP contribution in [-0.2, 0) is 4.79 Å². The van der Waals surface area contributed by atoms with Gasteiger partial charge in [-0.05, 0) is 103 Å². The van der Waals surface area contributed by atoms with Gasteiger partial charge in [-0.1, -0.05) is 59.3 Å². The molecule has 0 N–H and O–H groups in total.